The third-order valence-electron chi connectivity index (χ3n) is 3.31. The molecular formula is C17H16N2O2. The summed E-state index contributed by atoms with van der Waals surface area (Å²) in [5, 5.41) is 4.38. The first-order valence-electron chi connectivity index (χ1n) is 6.80. The number of carbonyl (C=O) groups excluding carboxylic acids is 1. The highest BCUT2D eigenvalue weighted by Gasteiger charge is 2.07. The van der Waals surface area contributed by atoms with E-state index in [-0.39, 0.29) is 12.3 Å². The molecule has 2 aromatic carbocycles. The molecule has 1 aromatic heterocycles. The van der Waals surface area contributed by atoms with Crippen molar-refractivity contribution in [3.63, 3.8) is 0 Å². The van der Waals surface area contributed by atoms with Gasteiger partial charge in [-0.05, 0) is 23.8 Å². The van der Waals surface area contributed by atoms with Crippen LogP contribution in [0.1, 0.15) is 11.3 Å². The van der Waals surface area contributed by atoms with Crippen LogP contribution >= 0.6 is 0 Å². The van der Waals surface area contributed by atoms with Crippen molar-refractivity contribution in [1.29, 1.82) is 0 Å². The smallest absolute Gasteiger partial charge is 0.221 e. The van der Waals surface area contributed by atoms with Crippen molar-refractivity contribution >= 4 is 22.6 Å². The van der Waals surface area contributed by atoms with Gasteiger partial charge in [-0.3, -0.25) is 4.79 Å². The van der Waals surface area contributed by atoms with Crippen LogP contribution in [0.5, 0.6) is 0 Å². The zero-order chi connectivity index (χ0) is 14.7. The number of para-hydroxylation sites is 2. The van der Waals surface area contributed by atoms with Crippen LogP contribution in [0, 0.1) is 0 Å². The normalized spacial score (nSPS) is 10.7. The zero-order valence-electron chi connectivity index (χ0n) is 11.5. The summed E-state index contributed by atoms with van der Waals surface area (Å²) >= 11 is 0. The first-order chi connectivity index (χ1) is 10.2. The molecule has 0 aliphatic rings. The molecule has 1 amide bonds. The number of primary amides is 1. The molecule has 0 aliphatic heterocycles. The van der Waals surface area contributed by atoms with E-state index >= 15 is 0 Å². The fraction of sp³-hybridized carbons (Fsp3) is 0.118. The van der Waals surface area contributed by atoms with Gasteiger partial charge in [0.05, 0.1) is 13.0 Å². The summed E-state index contributed by atoms with van der Waals surface area (Å²) < 4.78 is 5.76. The second kappa shape index (κ2) is 5.71. The van der Waals surface area contributed by atoms with E-state index < -0.39 is 0 Å². The average molecular weight is 280 g/mol. The Labute approximate surface area is 122 Å². The summed E-state index contributed by atoms with van der Waals surface area (Å²) in [5.74, 6) is 0.512. The molecule has 0 saturated heterocycles. The second-order valence-corrected chi connectivity index (χ2v) is 4.90. The molecule has 21 heavy (non-hydrogen) atoms. The fourth-order valence-corrected chi connectivity index (χ4v) is 2.34. The molecule has 4 heteroatoms. The molecule has 106 valence electrons. The molecule has 3 rings (SSSR count). The minimum Gasteiger partial charge on any atom is -0.459 e. The molecule has 1 heterocycles. The lowest BCUT2D eigenvalue weighted by molar-refractivity contribution is -0.117. The molecular weight excluding hydrogens is 264 g/mol. The van der Waals surface area contributed by atoms with Crippen molar-refractivity contribution in [3.8, 4) is 0 Å². The van der Waals surface area contributed by atoms with Crippen molar-refractivity contribution in [2.24, 2.45) is 5.73 Å². The number of carbonyl (C=O) groups is 1. The van der Waals surface area contributed by atoms with Crippen LogP contribution in [-0.4, -0.2) is 5.91 Å². The lowest BCUT2D eigenvalue weighted by atomic mass is 10.1. The number of rotatable bonds is 5. The Morgan fingerprint density at radius 2 is 1.86 bits per heavy atom. The molecule has 0 atom stereocenters. The summed E-state index contributed by atoms with van der Waals surface area (Å²) in [4.78, 5) is 11.1. The zero-order valence-corrected chi connectivity index (χ0v) is 11.5. The quantitative estimate of drug-likeness (QED) is 0.754. The summed E-state index contributed by atoms with van der Waals surface area (Å²) in [7, 11) is 0. The van der Waals surface area contributed by atoms with E-state index in [1.807, 2.05) is 54.6 Å². The number of furan rings is 1. The molecule has 0 saturated carbocycles. The Kier molecular flexibility index (Phi) is 3.60. The molecule has 0 aliphatic carbocycles. The highest BCUT2D eigenvalue weighted by Crippen LogP contribution is 2.21. The predicted octanol–water partition coefficient (Wildman–Crippen LogP) is 3.07. The first kappa shape index (κ1) is 13.2. The van der Waals surface area contributed by atoms with Crippen LogP contribution in [0.15, 0.2) is 59.0 Å². The van der Waals surface area contributed by atoms with Gasteiger partial charge >= 0.3 is 0 Å². The topological polar surface area (TPSA) is 68.3 Å². The summed E-state index contributed by atoms with van der Waals surface area (Å²) in [5.41, 5.74) is 7.93. The second-order valence-electron chi connectivity index (χ2n) is 4.90. The number of anilines is 1. The first-order valence-corrected chi connectivity index (χ1v) is 6.80. The van der Waals surface area contributed by atoms with E-state index in [9.17, 15) is 4.79 Å². The van der Waals surface area contributed by atoms with Crippen LogP contribution in [0.25, 0.3) is 11.0 Å². The van der Waals surface area contributed by atoms with Gasteiger partial charge in [-0.2, -0.15) is 0 Å². The molecule has 0 unspecified atom stereocenters. The Balaban J connectivity index is 1.76. The number of fused-ring (bicyclic) bond motifs is 1. The third kappa shape index (κ3) is 3.05. The largest absolute Gasteiger partial charge is 0.459 e. The standard InChI is InChI=1S/C17H16N2O2/c18-17(20)10-12-5-1-3-7-15(12)19-11-14-9-13-6-2-4-8-16(13)21-14/h1-9,19H,10-11H2,(H2,18,20). The van der Waals surface area contributed by atoms with Gasteiger partial charge in [0.2, 0.25) is 5.91 Å². The van der Waals surface area contributed by atoms with Crippen LogP contribution < -0.4 is 11.1 Å². The van der Waals surface area contributed by atoms with E-state index in [4.69, 9.17) is 10.2 Å². The van der Waals surface area contributed by atoms with Gasteiger partial charge in [-0.25, -0.2) is 0 Å². The van der Waals surface area contributed by atoms with Crippen molar-refractivity contribution < 1.29 is 9.21 Å². The fourth-order valence-electron chi connectivity index (χ4n) is 2.34. The van der Waals surface area contributed by atoms with E-state index in [1.165, 1.54) is 0 Å². The molecule has 3 aromatic rings. The molecule has 4 nitrogen and oxygen atoms in total. The summed E-state index contributed by atoms with van der Waals surface area (Å²) in [6.45, 7) is 0.560. The van der Waals surface area contributed by atoms with E-state index in [0.717, 1.165) is 28.0 Å². The van der Waals surface area contributed by atoms with Gasteiger partial charge in [-0.1, -0.05) is 36.4 Å². The Hall–Kier alpha value is -2.75. The Morgan fingerprint density at radius 3 is 2.67 bits per heavy atom. The molecule has 0 bridgehead atoms. The van der Waals surface area contributed by atoms with Crippen molar-refractivity contribution in [3.05, 3.63) is 65.9 Å². The van der Waals surface area contributed by atoms with Crippen LogP contribution in [0.2, 0.25) is 0 Å². The van der Waals surface area contributed by atoms with Crippen molar-refractivity contribution in [2.75, 3.05) is 5.32 Å². The van der Waals surface area contributed by atoms with Gasteiger partial charge in [-0.15, -0.1) is 0 Å². The van der Waals surface area contributed by atoms with E-state index in [1.54, 1.807) is 0 Å². The van der Waals surface area contributed by atoms with Gasteiger partial charge in [0.15, 0.2) is 0 Å². The summed E-state index contributed by atoms with van der Waals surface area (Å²) in [6.07, 6.45) is 0.225. The maximum absolute atomic E-state index is 11.1. The molecule has 0 radical (unpaired) electrons. The summed E-state index contributed by atoms with van der Waals surface area (Å²) in [6, 6.07) is 17.5. The van der Waals surface area contributed by atoms with Gasteiger partial charge in [0.1, 0.15) is 11.3 Å². The van der Waals surface area contributed by atoms with Gasteiger partial charge in [0, 0.05) is 11.1 Å². The highest BCUT2D eigenvalue weighted by atomic mass is 16.3. The number of hydrogen-bond donors (Lipinski definition) is 2. The molecule has 3 N–H and O–H groups in total. The monoisotopic (exact) mass is 280 g/mol. The number of amides is 1. The Morgan fingerprint density at radius 1 is 1.10 bits per heavy atom. The number of benzene rings is 2. The van der Waals surface area contributed by atoms with Crippen LogP contribution in [0.4, 0.5) is 5.69 Å². The van der Waals surface area contributed by atoms with Crippen molar-refractivity contribution in [1.82, 2.24) is 0 Å². The van der Waals surface area contributed by atoms with E-state index in [2.05, 4.69) is 5.32 Å². The highest BCUT2D eigenvalue weighted by molar-refractivity contribution is 5.79. The lowest BCUT2D eigenvalue weighted by Gasteiger charge is -2.09. The van der Waals surface area contributed by atoms with Gasteiger partial charge in [0.25, 0.3) is 0 Å². The number of hydrogen-bond acceptors (Lipinski definition) is 3. The minimum atomic E-state index is -0.340. The van der Waals surface area contributed by atoms with Crippen LogP contribution in [-0.2, 0) is 17.8 Å². The van der Waals surface area contributed by atoms with Crippen LogP contribution in [0.3, 0.4) is 0 Å². The lowest BCUT2D eigenvalue weighted by Crippen LogP contribution is -2.15. The maximum Gasteiger partial charge on any atom is 0.221 e. The Bertz CT molecular complexity index is 744. The number of nitrogens with two attached hydrogens (primary N) is 1. The minimum absolute atomic E-state index is 0.225. The van der Waals surface area contributed by atoms with E-state index in [0.29, 0.717) is 6.54 Å². The third-order valence-corrected chi connectivity index (χ3v) is 3.31. The predicted molar refractivity (Wildman–Crippen MR) is 82.9 cm³/mol. The van der Waals surface area contributed by atoms with Gasteiger partial charge < -0.3 is 15.5 Å². The molecule has 0 fully saturated rings. The maximum atomic E-state index is 11.1. The molecule has 0 spiro atoms. The number of nitrogens with one attached hydrogen (secondary N) is 1. The van der Waals surface area contributed by atoms with Crippen molar-refractivity contribution in [2.45, 2.75) is 13.0 Å². The average Bonchev–Trinajstić information content (AvgIpc) is 2.88. The SMILES string of the molecule is NC(=O)Cc1ccccc1NCc1cc2ccccc2o1.